The number of hydrogen-bond acceptors (Lipinski definition) is 2. The van der Waals surface area contributed by atoms with Gasteiger partial charge in [-0.3, -0.25) is 0 Å². The molecule has 0 aliphatic heterocycles. The highest BCUT2D eigenvalue weighted by molar-refractivity contribution is 5.82. The van der Waals surface area contributed by atoms with Crippen LogP contribution in [0.15, 0.2) is 0 Å². The highest BCUT2D eigenvalue weighted by Crippen LogP contribution is 2.03. The Morgan fingerprint density at radius 2 is 1.75 bits per heavy atom. The standard InChI is InChI=1S/C11H22N2O3/c1-5-9(10(14)15)13-11(16)12-8(4)6-7(2)3/h7-9H,5-6H2,1-4H3,(H,14,15)(H2,12,13,16)/t8?,9-/m0/s1. The second-order valence-electron chi connectivity index (χ2n) is 4.45. The lowest BCUT2D eigenvalue weighted by molar-refractivity contribution is -0.139. The quantitative estimate of drug-likeness (QED) is 0.648. The fourth-order valence-corrected chi connectivity index (χ4v) is 1.53. The first-order valence-electron chi connectivity index (χ1n) is 5.66. The summed E-state index contributed by atoms with van der Waals surface area (Å²) in [6.45, 7) is 7.77. The fourth-order valence-electron chi connectivity index (χ4n) is 1.53. The summed E-state index contributed by atoms with van der Waals surface area (Å²) in [5.74, 6) is -0.508. The number of hydrogen-bond donors (Lipinski definition) is 3. The van der Waals surface area contributed by atoms with Gasteiger partial charge in [0.05, 0.1) is 0 Å². The van der Waals surface area contributed by atoms with E-state index in [0.717, 1.165) is 6.42 Å². The molecule has 0 fully saturated rings. The third-order valence-corrected chi connectivity index (χ3v) is 2.21. The number of aliphatic carboxylic acids is 1. The Morgan fingerprint density at radius 3 is 2.12 bits per heavy atom. The summed E-state index contributed by atoms with van der Waals surface area (Å²) in [4.78, 5) is 22.1. The van der Waals surface area contributed by atoms with Crippen molar-refractivity contribution < 1.29 is 14.7 Å². The van der Waals surface area contributed by atoms with Crippen LogP contribution in [0.25, 0.3) is 0 Å². The number of carbonyl (C=O) groups excluding carboxylic acids is 1. The van der Waals surface area contributed by atoms with Crippen molar-refractivity contribution in [2.24, 2.45) is 5.92 Å². The number of carboxylic acids is 1. The number of amides is 2. The SMILES string of the molecule is CC[C@H](NC(=O)NC(C)CC(C)C)C(=O)O. The van der Waals surface area contributed by atoms with E-state index < -0.39 is 18.0 Å². The van der Waals surface area contributed by atoms with Gasteiger partial charge in [-0.25, -0.2) is 9.59 Å². The Morgan fingerprint density at radius 1 is 1.19 bits per heavy atom. The molecule has 0 rings (SSSR count). The second-order valence-corrected chi connectivity index (χ2v) is 4.45. The monoisotopic (exact) mass is 230 g/mol. The number of nitrogens with one attached hydrogen (secondary N) is 2. The number of rotatable bonds is 6. The molecular weight excluding hydrogens is 208 g/mol. The van der Waals surface area contributed by atoms with E-state index in [1.54, 1.807) is 6.92 Å². The summed E-state index contributed by atoms with van der Waals surface area (Å²) in [5, 5.41) is 13.9. The van der Waals surface area contributed by atoms with Gasteiger partial charge in [-0.1, -0.05) is 20.8 Å². The Kier molecular flexibility index (Phi) is 6.53. The third-order valence-electron chi connectivity index (χ3n) is 2.21. The largest absolute Gasteiger partial charge is 0.480 e. The van der Waals surface area contributed by atoms with E-state index in [9.17, 15) is 9.59 Å². The van der Waals surface area contributed by atoms with Gasteiger partial charge in [-0.15, -0.1) is 0 Å². The zero-order valence-corrected chi connectivity index (χ0v) is 10.4. The van der Waals surface area contributed by atoms with E-state index in [-0.39, 0.29) is 6.04 Å². The van der Waals surface area contributed by atoms with Gasteiger partial charge in [-0.05, 0) is 25.7 Å². The van der Waals surface area contributed by atoms with Crippen LogP contribution in [0.3, 0.4) is 0 Å². The fraction of sp³-hybridized carbons (Fsp3) is 0.818. The molecule has 0 aliphatic carbocycles. The molecule has 0 aromatic rings. The summed E-state index contributed by atoms with van der Waals surface area (Å²) in [6, 6.07) is -1.18. The molecule has 2 atom stereocenters. The topological polar surface area (TPSA) is 78.4 Å². The lowest BCUT2D eigenvalue weighted by atomic mass is 10.1. The lowest BCUT2D eigenvalue weighted by Crippen LogP contribution is -2.48. The van der Waals surface area contributed by atoms with E-state index >= 15 is 0 Å². The maximum atomic E-state index is 11.4. The highest BCUT2D eigenvalue weighted by atomic mass is 16.4. The number of carbonyl (C=O) groups is 2. The predicted molar refractivity (Wildman–Crippen MR) is 62.3 cm³/mol. The molecule has 5 nitrogen and oxygen atoms in total. The lowest BCUT2D eigenvalue weighted by Gasteiger charge is -2.18. The molecule has 0 spiro atoms. The molecular formula is C11H22N2O3. The summed E-state index contributed by atoms with van der Waals surface area (Å²) in [6.07, 6.45) is 1.25. The molecule has 0 radical (unpaired) electrons. The zero-order chi connectivity index (χ0) is 12.7. The molecule has 3 N–H and O–H groups in total. The van der Waals surface area contributed by atoms with E-state index in [1.807, 2.05) is 6.92 Å². The van der Waals surface area contributed by atoms with Crippen LogP contribution in [0.5, 0.6) is 0 Å². The zero-order valence-electron chi connectivity index (χ0n) is 10.4. The van der Waals surface area contributed by atoms with Crippen LogP contribution in [-0.4, -0.2) is 29.2 Å². The molecule has 1 unspecified atom stereocenters. The van der Waals surface area contributed by atoms with Gasteiger partial charge >= 0.3 is 12.0 Å². The normalized spacial score (nSPS) is 14.3. The Balaban J connectivity index is 4.02. The van der Waals surface area contributed by atoms with Crippen LogP contribution in [0.2, 0.25) is 0 Å². The van der Waals surface area contributed by atoms with Gasteiger partial charge in [-0.2, -0.15) is 0 Å². The van der Waals surface area contributed by atoms with Crippen molar-refractivity contribution in [1.82, 2.24) is 10.6 Å². The molecule has 16 heavy (non-hydrogen) atoms. The third kappa shape index (κ3) is 6.27. The van der Waals surface area contributed by atoms with Crippen molar-refractivity contribution in [3.05, 3.63) is 0 Å². The minimum atomic E-state index is -1.01. The van der Waals surface area contributed by atoms with Crippen LogP contribution in [0, 0.1) is 5.92 Å². The van der Waals surface area contributed by atoms with E-state index in [4.69, 9.17) is 5.11 Å². The molecule has 0 aliphatic rings. The molecule has 0 aromatic carbocycles. The summed E-state index contributed by atoms with van der Waals surface area (Å²) < 4.78 is 0. The minimum Gasteiger partial charge on any atom is -0.480 e. The van der Waals surface area contributed by atoms with Crippen molar-refractivity contribution in [2.45, 2.75) is 52.6 Å². The van der Waals surface area contributed by atoms with Gasteiger partial charge in [0.15, 0.2) is 0 Å². The van der Waals surface area contributed by atoms with Gasteiger partial charge in [0.25, 0.3) is 0 Å². The van der Waals surface area contributed by atoms with Crippen LogP contribution < -0.4 is 10.6 Å². The molecule has 0 aromatic heterocycles. The van der Waals surface area contributed by atoms with E-state index in [2.05, 4.69) is 24.5 Å². The van der Waals surface area contributed by atoms with Crippen LogP contribution in [0.1, 0.15) is 40.5 Å². The predicted octanol–water partition coefficient (Wildman–Crippen LogP) is 1.58. The maximum Gasteiger partial charge on any atom is 0.326 e. The van der Waals surface area contributed by atoms with Crippen molar-refractivity contribution >= 4 is 12.0 Å². The maximum absolute atomic E-state index is 11.4. The van der Waals surface area contributed by atoms with Gasteiger partial charge in [0, 0.05) is 6.04 Å². The van der Waals surface area contributed by atoms with Crippen LogP contribution >= 0.6 is 0 Å². The molecule has 94 valence electrons. The molecule has 5 heteroatoms. The second kappa shape index (κ2) is 7.09. The first kappa shape index (κ1) is 14.7. The van der Waals surface area contributed by atoms with Gasteiger partial charge < -0.3 is 15.7 Å². The van der Waals surface area contributed by atoms with E-state index in [1.165, 1.54) is 0 Å². The Bertz CT molecular complexity index is 241. The van der Waals surface area contributed by atoms with Gasteiger partial charge in [0.2, 0.25) is 0 Å². The first-order chi connectivity index (χ1) is 7.36. The minimum absolute atomic E-state index is 0.0475. The Labute approximate surface area is 96.6 Å². The van der Waals surface area contributed by atoms with Crippen molar-refractivity contribution in [2.75, 3.05) is 0 Å². The van der Waals surface area contributed by atoms with Crippen LogP contribution in [0.4, 0.5) is 4.79 Å². The summed E-state index contributed by atoms with van der Waals surface area (Å²) in [7, 11) is 0. The van der Waals surface area contributed by atoms with Crippen molar-refractivity contribution in [1.29, 1.82) is 0 Å². The Hall–Kier alpha value is -1.26. The molecule has 2 amide bonds. The average Bonchev–Trinajstić information content (AvgIpc) is 2.11. The van der Waals surface area contributed by atoms with Crippen molar-refractivity contribution in [3.63, 3.8) is 0 Å². The molecule has 0 heterocycles. The molecule has 0 saturated heterocycles. The molecule has 0 bridgehead atoms. The summed E-state index contributed by atoms with van der Waals surface area (Å²) >= 11 is 0. The number of carboxylic acid groups (broad SMARTS) is 1. The first-order valence-corrected chi connectivity index (χ1v) is 5.66. The molecule has 0 saturated carbocycles. The summed E-state index contributed by atoms with van der Waals surface area (Å²) in [5.41, 5.74) is 0. The van der Waals surface area contributed by atoms with E-state index in [0.29, 0.717) is 12.3 Å². The van der Waals surface area contributed by atoms with Crippen LogP contribution in [-0.2, 0) is 4.79 Å². The average molecular weight is 230 g/mol. The number of urea groups is 1. The smallest absolute Gasteiger partial charge is 0.326 e. The highest BCUT2D eigenvalue weighted by Gasteiger charge is 2.18. The van der Waals surface area contributed by atoms with Gasteiger partial charge in [0.1, 0.15) is 6.04 Å². The van der Waals surface area contributed by atoms with Crippen molar-refractivity contribution in [3.8, 4) is 0 Å².